The van der Waals surface area contributed by atoms with Gasteiger partial charge >= 0.3 is 0 Å². The number of hydrogen-bond donors (Lipinski definition) is 1. The van der Waals surface area contributed by atoms with Crippen LogP contribution in [0.2, 0.25) is 0 Å². The van der Waals surface area contributed by atoms with Gasteiger partial charge in [0.1, 0.15) is 0 Å². The molecule has 0 spiro atoms. The molecule has 0 unspecified atom stereocenters. The molecule has 0 fully saturated rings. The average Bonchev–Trinajstić information content (AvgIpc) is 2.92. The summed E-state index contributed by atoms with van der Waals surface area (Å²) in [6.45, 7) is 1.65. The van der Waals surface area contributed by atoms with Crippen LogP contribution in [-0.4, -0.2) is 45.4 Å². The van der Waals surface area contributed by atoms with E-state index in [0.717, 1.165) is 0 Å². The highest BCUT2D eigenvalue weighted by atomic mass is 79.9. The molecule has 0 radical (unpaired) electrons. The van der Waals surface area contributed by atoms with E-state index < -0.39 is 4.92 Å². The van der Waals surface area contributed by atoms with Gasteiger partial charge in [0.05, 0.1) is 23.8 Å². The van der Waals surface area contributed by atoms with Crippen LogP contribution in [0, 0.1) is 10.1 Å². The van der Waals surface area contributed by atoms with Crippen molar-refractivity contribution in [2.75, 3.05) is 20.3 Å². The summed E-state index contributed by atoms with van der Waals surface area (Å²) in [6.07, 6.45) is 0. The van der Waals surface area contributed by atoms with E-state index in [-0.39, 0.29) is 5.69 Å². The number of rotatable bonds is 7. The molecule has 0 bridgehead atoms. The fourth-order valence-electron chi connectivity index (χ4n) is 1.65. The van der Waals surface area contributed by atoms with E-state index in [9.17, 15) is 10.1 Å². The number of ether oxygens (including phenoxy) is 1. The van der Waals surface area contributed by atoms with Crippen molar-refractivity contribution in [2.24, 2.45) is 0 Å². The predicted molar refractivity (Wildman–Crippen MR) is 77.1 cm³/mol. The lowest BCUT2D eigenvalue weighted by molar-refractivity contribution is -0.384. The van der Waals surface area contributed by atoms with Gasteiger partial charge in [-0.3, -0.25) is 10.1 Å². The van der Waals surface area contributed by atoms with Crippen LogP contribution < -0.4 is 5.32 Å². The number of nitrogens with zero attached hydrogens (tertiary/aromatic N) is 5. The molecule has 0 amide bonds. The quantitative estimate of drug-likeness (QED) is 0.449. The van der Waals surface area contributed by atoms with E-state index in [1.54, 1.807) is 13.2 Å². The van der Waals surface area contributed by atoms with Crippen LogP contribution in [0.1, 0.15) is 5.82 Å². The summed E-state index contributed by atoms with van der Waals surface area (Å²) in [5, 5.41) is 25.4. The van der Waals surface area contributed by atoms with Crippen LogP contribution in [0.5, 0.6) is 0 Å². The largest absolute Gasteiger partial charge is 0.383 e. The third-order valence-electron chi connectivity index (χ3n) is 2.67. The van der Waals surface area contributed by atoms with E-state index in [1.807, 2.05) is 0 Å². The number of nitro benzene ring substituents is 1. The smallest absolute Gasteiger partial charge is 0.271 e. The lowest BCUT2D eigenvalue weighted by Crippen LogP contribution is -2.21. The molecule has 1 aromatic heterocycles. The number of halogens is 1. The predicted octanol–water partition coefficient (Wildman–Crippen LogP) is 1.07. The Morgan fingerprint density at radius 2 is 2.33 bits per heavy atom. The van der Waals surface area contributed by atoms with Crippen molar-refractivity contribution in [3.05, 3.63) is 38.6 Å². The molecule has 1 aromatic carbocycles. The van der Waals surface area contributed by atoms with E-state index in [1.165, 1.54) is 16.8 Å². The van der Waals surface area contributed by atoms with Gasteiger partial charge in [-0.05, 0) is 32.4 Å². The van der Waals surface area contributed by atoms with E-state index in [2.05, 4.69) is 36.8 Å². The van der Waals surface area contributed by atoms with Crippen LogP contribution in [0.3, 0.4) is 0 Å². The van der Waals surface area contributed by atoms with Gasteiger partial charge in [0, 0.05) is 30.3 Å². The zero-order valence-corrected chi connectivity index (χ0v) is 12.8. The number of hydrogen-bond acceptors (Lipinski definition) is 7. The zero-order chi connectivity index (χ0) is 15.2. The van der Waals surface area contributed by atoms with Crippen LogP contribution >= 0.6 is 15.9 Å². The van der Waals surface area contributed by atoms with Crippen molar-refractivity contribution in [3.63, 3.8) is 0 Å². The van der Waals surface area contributed by atoms with Gasteiger partial charge in [0.25, 0.3) is 5.69 Å². The number of tetrazole rings is 1. The van der Waals surface area contributed by atoms with Crippen molar-refractivity contribution < 1.29 is 9.66 Å². The van der Waals surface area contributed by atoms with Crippen molar-refractivity contribution in [2.45, 2.75) is 6.54 Å². The van der Waals surface area contributed by atoms with Crippen molar-refractivity contribution in [1.29, 1.82) is 0 Å². The summed E-state index contributed by atoms with van der Waals surface area (Å²) in [5.74, 6) is 0.548. The van der Waals surface area contributed by atoms with Gasteiger partial charge in [0.2, 0.25) is 0 Å². The Labute approximate surface area is 128 Å². The molecule has 1 N–H and O–H groups in total. The van der Waals surface area contributed by atoms with Crippen molar-refractivity contribution >= 4 is 21.6 Å². The molecule has 2 aromatic rings. The SMILES string of the molecule is COCCNCc1nnnn1-c1cc([N+](=O)[O-])ccc1Br. The number of nitro groups is 1. The van der Waals surface area contributed by atoms with Gasteiger partial charge < -0.3 is 10.1 Å². The number of aromatic nitrogens is 4. The Balaban J connectivity index is 2.24. The van der Waals surface area contributed by atoms with E-state index in [0.29, 0.717) is 35.7 Å². The molecular formula is C11H13BrN6O3. The van der Waals surface area contributed by atoms with Gasteiger partial charge in [-0.15, -0.1) is 5.10 Å². The first-order chi connectivity index (χ1) is 10.1. The summed E-state index contributed by atoms with van der Waals surface area (Å²) < 4.78 is 7.05. The fraction of sp³-hybridized carbons (Fsp3) is 0.364. The second-order valence-corrected chi connectivity index (χ2v) is 4.92. The van der Waals surface area contributed by atoms with Crippen LogP contribution in [0.15, 0.2) is 22.7 Å². The fourth-order valence-corrected chi connectivity index (χ4v) is 2.07. The van der Waals surface area contributed by atoms with Crippen molar-refractivity contribution in [3.8, 4) is 5.69 Å². The number of methoxy groups -OCH3 is 1. The summed E-state index contributed by atoms with van der Waals surface area (Å²) in [5.41, 5.74) is 0.486. The molecule has 10 heteroatoms. The van der Waals surface area contributed by atoms with Crippen molar-refractivity contribution in [1.82, 2.24) is 25.5 Å². The zero-order valence-electron chi connectivity index (χ0n) is 11.2. The Hall–Kier alpha value is -1.91. The minimum absolute atomic E-state index is 0.0259. The van der Waals surface area contributed by atoms with E-state index in [4.69, 9.17) is 4.74 Å². The molecule has 0 atom stereocenters. The number of non-ortho nitro benzene ring substituents is 1. The first kappa shape index (κ1) is 15.5. The summed E-state index contributed by atoms with van der Waals surface area (Å²) in [6, 6.07) is 4.42. The summed E-state index contributed by atoms with van der Waals surface area (Å²) in [4.78, 5) is 10.4. The molecule has 1 heterocycles. The van der Waals surface area contributed by atoms with Crippen LogP contribution in [-0.2, 0) is 11.3 Å². The second-order valence-electron chi connectivity index (χ2n) is 4.07. The maximum absolute atomic E-state index is 10.9. The molecule has 0 saturated heterocycles. The van der Waals surface area contributed by atoms with Crippen LogP contribution in [0.4, 0.5) is 5.69 Å². The molecule has 0 aliphatic heterocycles. The first-order valence-corrected chi connectivity index (χ1v) is 6.84. The van der Waals surface area contributed by atoms with Crippen LogP contribution in [0.25, 0.3) is 5.69 Å². The maximum Gasteiger partial charge on any atom is 0.271 e. The summed E-state index contributed by atoms with van der Waals surface area (Å²) >= 11 is 3.35. The molecule has 21 heavy (non-hydrogen) atoms. The van der Waals surface area contributed by atoms with Gasteiger partial charge in [-0.25, -0.2) is 0 Å². The van der Waals surface area contributed by atoms with Gasteiger partial charge in [-0.2, -0.15) is 4.68 Å². The molecule has 0 aliphatic carbocycles. The molecule has 0 saturated carbocycles. The maximum atomic E-state index is 10.9. The lowest BCUT2D eigenvalue weighted by atomic mass is 10.3. The molecule has 9 nitrogen and oxygen atoms in total. The van der Waals surface area contributed by atoms with Gasteiger partial charge in [0.15, 0.2) is 5.82 Å². The standard InChI is InChI=1S/C11H13BrN6O3/c1-21-5-4-13-7-11-14-15-16-17(11)10-6-8(18(19)20)2-3-9(10)12/h2-3,6,13H,4-5,7H2,1H3. The highest BCUT2D eigenvalue weighted by Gasteiger charge is 2.15. The number of benzene rings is 1. The van der Waals surface area contributed by atoms with E-state index >= 15 is 0 Å². The summed E-state index contributed by atoms with van der Waals surface area (Å²) in [7, 11) is 1.62. The Bertz CT molecular complexity index is 632. The third-order valence-corrected chi connectivity index (χ3v) is 3.34. The lowest BCUT2D eigenvalue weighted by Gasteiger charge is -2.07. The average molecular weight is 357 g/mol. The molecule has 112 valence electrons. The Morgan fingerprint density at radius 1 is 1.52 bits per heavy atom. The molecule has 2 rings (SSSR count). The van der Waals surface area contributed by atoms with Gasteiger partial charge in [-0.1, -0.05) is 0 Å². The highest BCUT2D eigenvalue weighted by Crippen LogP contribution is 2.25. The topological polar surface area (TPSA) is 108 Å². The molecule has 0 aliphatic rings. The number of nitrogens with one attached hydrogen (secondary N) is 1. The minimum Gasteiger partial charge on any atom is -0.383 e. The minimum atomic E-state index is -0.462. The normalized spacial score (nSPS) is 10.8. The molecular weight excluding hydrogens is 344 g/mol. The Kier molecular flexibility index (Phi) is 5.31. The second kappa shape index (κ2) is 7.20. The third kappa shape index (κ3) is 3.80. The monoisotopic (exact) mass is 356 g/mol. The highest BCUT2D eigenvalue weighted by molar-refractivity contribution is 9.10. The Morgan fingerprint density at radius 3 is 3.05 bits per heavy atom. The first-order valence-electron chi connectivity index (χ1n) is 6.04.